The minimum Gasteiger partial charge on any atom is -0.402 e. The summed E-state index contributed by atoms with van der Waals surface area (Å²) in [5, 5.41) is 2.57. The van der Waals surface area contributed by atoms with Gasteiger partial charge < -0.3 is 4.43 Å². The molecule has 0 unspecified atom stereocenters. The van der Waals surface area contributed by atoms with Crippen LogP contribution in [0.5, 0.6) is 0 Å². The van der Waals surface area contributed by atoms with Gasteiger partial charge in [0.05, 0.1) is 0 Å². The van der Waals surface area contributed by atoms with Crippen molar-refractivity contribution in [1.29, 1.82) is 0 Å². The van der Waals surface area contributed by atoms with E-state index in [0.29, 0.717) is 6.10 Å². The molecule has 0 atom stereocenters. The van der Waals surface area contributed by atoms with E-state index in [9.17, 15) is 0 Å². The Bertz CT molecular complexity index is 521. The lowest BCUT2D eigenvalue weighted by Gasteiger charge is -2.37. The van der Waals surface area contributed by atoms with Crippen LogP contribution < -0.4 is 10.4 Å². The Morgan fingerprint density at radius 2 is 1.40 bits per heavy atom. The third kappa shape index (κ3) is 2.37. The van der Waals surface area contributed by atoms with Crippen molar-refractivity contribution in [2.75, 3.05) is 0 Å². The van der Waals surface area contributed by atoms with Gasteiger partial charge in [0.2, 0.25) is 0 Å². The molecule has 2 aromatic rings. The lowest BCUT2D eigenvalue weighted by Crippen LogP contribution is -2.61. The van der Waals surface area contributed by atoms with E-state index in [1.165, 1.54) is 29.6 Å². The fourth-order valence-electron chi connectivity index (χ4n) is 2.71. The van der Waals surface area contributed by atoms with E-state index in [2.05, 4.69) is 72.9 Å². The minimum absolute atomic E-state index is 0.403. The second kappa shape index (κ2) is 5.78. The molecule has 0 radical (unpaired) electrons. The number of hydrogen-bond donors (Lipinski definition) is 0. The molecule has 0 bridgehead atoms. The van der Waals surface area contributed by atoms with Crippen LogP contribution in [-0.4, -0.2) is 14.4 Å². The van der Waals surface area contributed by atoms with Gasteiger partial charge in [-0.15, -0.1) is 6.58 Å². The van der Waals surface area contributed by atoms with E-state index in [0.717, 1.165) is 0 Å². The quantitative estimate of drug-likeness (QED) is 0.765. The van der Waals surface area contributed by atoms with Crippen LogP contribution in [0.25, 0.3) is 0 Å². The van der Waals surface area contributed by atoms with Crippen molar-refractivity contribution < 1.29 is 4.43 Å². The lowest BCUT2D eigenvalue weighted by atomic mass is 9.97. The molecule has 0 aliphatic heterocycles. The fourth-order valence-corrected chi connectivity index (χ4v) is 6.02. The van der Waals surface area contributed by atoms with E-state index >= 15 is 0 Å². The van der Waals surface area contributed by atoms with Gasteiger partial charge in [0, 0.05) is 6.10 Å². The zero-order valence-electron chi connectivity index (χ0n) is 11.7. The van der Waals surface area contributed by atoms with Crippen LogP contribution in [0.1, 0.15) is 19.3 Å². The van der Waals surface area contributed by atoms with Gasteiger partial charge in [0.1, 0.15) is 0 Å². The summed E-state index contributed by atoms with van der Waals surface area (Å²) >= 11 is 0. The fraction of sp³-hybridized carbons (Fsp3) is 0.222. The first-order chi connectivity index (χ1) is 9.85. The lowest BCUT2D eigenvalue weighted by molar-refractivity contribution is 0.119. The molecule has 1 aliphatic carbocycles. The first kappa shape index (κ1) is 13.3. The molecule has 1 nitrogen and oxygen atoms in total. The van der Waals surface area contributed by atoms with E-state index in [-0.39, 0.29) is 0 Å². The first-order valence-electron chi connectivity index (χ1n) is 7.27. The average Bonchev–Trinajstić information content (AvgIpc) is 2.49. The van der Waals surface area contributed by atoms with Crippen molar-refractivity contribution in [3.63, 3.8) is 0 Å². The largest absolute Gasteiger partial charge is 0.402 e. The zero-order valence-corrected chi connectivity index (χ0v) is 12.7. The van der Waals surface area contributed by atoms with Gasteiger partial charge >= 0.3 is 0 Å². The Kier molecular flexibility index (Phi) is 3.85. The summed E-state index contributed by atoms with van der Waals surface area (Å²) in [5.41, 5.74) is 2.08. The second-order valence-corrected chi connectivity index (χ2v) is 8.61. The molecule has 0 saturated heterocycles. The predicted molar refractivity (Wildman–Crippen MR) is 86.8 cm³/mol. The standard InChI is InChI=1S/C18H20OSi/c1-2-20(19-16-10-9-11-16,17-12-5-3-6-13-17)18-14-7-4-8-15-18/h2-8,12-16H,1,9-11H2. The Morgan fingerprint density at radius 1 is 0.900 bits per heavy atom. The minimum atomic E-state index is -2.29. The van der Waals surface area contributed by atoms with Crippen molar-refractivity contribution in [1.82, 2.24) is 0 Å². The number of benzene rings is 2. The molecule has 0 amide bonds. The summed E-state index contributed by atoms with van der Waals surface area (Å²) in [6.45, 7) is 4.13. The van der Waals surface area contributed by atoms with Gasteiger partial charge in [0.25, 0.3) is 8.32 Å². The molecule has 1 aliphatic rings. The smallest absolute Gasteiger partial charge is 0.280 e. The van der Waals surface area contributed by atoms with Crippen LogP contribution >= 0.6 is 0 Å². The Morgan fingerprint density at radius 3 is 1.75 bits per heavy atom. The van der Waals surface area contributed by atoms with Crippen molar-refractivity contribution in [3.8, 4) is 0 Å². The van der Waals surface area contributed by atoms with Crippen molar-refractivity contribution in [3.05, 3.63) is 72.9 Å². The second-order valence-electron chi connectivity index (χ2n) is 5.34. The van der Waals surface area contributed by atoms with Crippen LogP contribution in [0.15, 0.2) is 72.9 Å². The van der Waals surface area contributed by atoms with Crippen LogP contribution in [0.2, 0.25) is 0 Å². The average molecular weight is 280 g/mol. The molecular formula is C18H20OSi. The molecular weight excluding hydrogens is 260 g/mol. The third-order valence-electron chi connectivity index (χ3n) is 4.10. The van der Waals surface area contributed by atoms with Crippen molar-refractivity contribution in [2.45, 2.75) is 25.4 Å². The molecule has 0 aromatic heterocycles. The zero-order chi connectivity index (χ0) is 13.8. The monoisotopic (exact) mass is 280 g/mol. The highest BCUT2D eigenvalue weighted by Gasteiger charge is 2.40. The first-order valence-corrected chi connectivity index (χ1v) is 9.26. The van der Waals surface area contributed by atoms with E-state index in [1.54, 1.807) is 0 Å². The van der Waals surface area contributed by atoms with E-state index in [1.807, 2.05) is 0 Å². The summed E-state index contributed by atoms with van der Waals surface area (Å²) in [4.78, 5) is 0. The SMILES string of the molecule is C=C[Si](OC1CCC1)(c1ccccc1)c1ccccc1. The van der Waals surface area contributed by atoms with Crippen molar-refractivity contribution in [2.24, 2.45) is 0 Å². The molecule has 20 heavy (non-hydrogen) atoms. The normalized spacial score (nSPS) is 15.6. The molecule has 3 rings (SSSR count). The van der Waals surface area contributed by atoms with Gasteiger partial charge in [-0.2, -0.15) is 0 Å². The molecule has 0 N–H and O–H groups in total. The highest BCUT2D eigenvalue weighted by molar-refractivity contribution is 7.01. The van der Waals surface area contributed by atoms with Crippen molar-refractivity contribution >= 4 is 18.7 Å². The molecule has 1 saturated carbocycles. The Balaban J connectivity index is 2.07. The maximum atomic E-state index is 6.62. The Labute approximate surface area is 122 Å². The molecule has 2 heteroatoms. The van der Waals surface area contributed by atoms with Gasteiger partial charge in [-0.1, -0.05) is 66.4 Å². The highest BCUT2D eigenvalue weighted by Crippen LogP contribution is 2.26. The van der Waals surface area contributed by atoms with Gasteiger partial charge in [-0.25, -0.2) is 0 Å². The summed E-state index contributed by atoms with van der Waals surface area (Å²) < 4.78 is 6.62. The summed E-state index contributed by atoms with van der Waals surface area (Å²) in [7, 11) is -2.29. The van der Waals surface area contributed by atoms with Crippen LogP contribution in [0.3, 0.4) is 0 Å². The topological polar surface area (TPSA) is 9.23 Å². The van der Waals surface area contributed by atoms with Crippen LogP contribution in [0.4, 0.5) is 0 Å². The highest BCUT2D eigenvalue weighted by atomic mass is 28.4. The molecule has 2 aromatic carbocycles. The maximum absolute atomic E-state index is 6.62. The summed E-state index contributed by atoms with van der Waals surface area (Å²) in [6.07, 6.45) is 4.06. The molecule has 0 heterocycles. The summed E-state index contributed by atoms with van der Waals surface area (Å²) in [5.74, 6) is 0. The van der Waals surface area contributed by atoms with Gasteiger partial charge in [-0.3, -0.25) is 0 Å². The van der Waals surface area contributed by atoms with Gasteiger partial charge in [0.15, 0.2) is 0 Å². The van der Waals surface area contributed by atoms with Crippen LogP contribution in [0, 0.1) is 0 Å². The molecule has 0 spiro atoms. The van der Waals surface area contributed by atoms with E-state index < -0.39 is 8.32 Å². The third-order valence-corrected chi connectivity index (χ3v) is 7.76. The molecule has 1 fully saturated rings. The molecule has 102 valence electrons. The Hall–Kier alpha value is -1.64. The maximum Gasteiger partial charge on any atom is 0.280 e. The van der Waals surface area contributed by atoms with E-state index in [4.69, 9.17) is 4.43 Å². The predicted octanol–water partition coefficient (Wildman–Crippen LogP) is 3.04. The number of rotatable bonds is 5. The van der Waals surface area contributed by atoms with Gasteiger partial charge in [-0.05, 0) is 29.6 Å². The van der Waals surface area contributed by atoms with Crippen LogP contribution in [-0.2, 0) is 4.43 Å². The number of hydrogen-bond acceptors (Lipinski definition) is 1. The summed E-state index contributed by atoms with van der Waals surface area (Å²) in [6, 6.07) is 21.2.